The van der Waals surface area contributed by atoms with Crippen LogP contribution in [0.25, 0.3) is 0 Å². The molecule has 0 aliphatic rings. The van der Waals surface area contributed by atoms with Crippen LogP contribution in [0.2, 0.25) is 0 Å². The molecule has 0 N–H and O–H groups in total. The second-order valence-electron chi connectivity index (χ2n) is 6.88. The van der Waals surface area contributed by atoms with E-state index in [4.69, 9.17) is 9.47 Å². The van der Waals surface area contributed by atoms with E-state index in [0.29, 0.717) is 17.5 Å². The Morgan fingerprint density at radius 2 is 1.03 bits per heavy atom. The van der Waals surface area contributed by atoms with Crippen LogP contribution in [0.4, 0.5) is 0 Å². The Hall–Kier alpha value is -3.40. The second kappa shape index (κ2) is 9.69. The zero-order valence-electron chi connectivity index (χ0n) is 16.4. The van der Waals surface area contributed by atoms with E-state index in [1.165, 1.54) is 0 Å². The summed E-state index contributed by atoms with van der Waals surface area (Å²) in [5.41, 5.74) is 1.32. The molecular weight excluding hydrogens is 364 g/mol. The van der Waals surface area contributed by atoms with Gasteiger partial charge in [0.25, 0.3) is 0 Å². The summed E-state index contributed by atoms with van der Waals surface area (Å²) in [4.78, 5) is 24.9. The van der Waals surface area contributed by atoms with Crippen molar-refractivity contribution >= 4 is 11.9 Å². The van der Waals surface area contributed by atoms with E-state index in [1.54, 1.807) is 48.5 Å². The van der Waals surface area contributed by atoms with E-state index in [0.717, 1.165) is 5.56 Å². The molecule has 148 valence electrons. The van der Waals surface area contributed by atoms with Crippen LogP contribution in [0.5, 0.6) is 0 Å². The maximum absolute atomic E-state index is 12.5. The van der Waals surface area contributed by atoms with Crippen LogP contribution in [-0.4, -0.2) is 25.2 Å². The number of hydrogen-bond donors (Lipinski definition) is 0. The van der Waals surface area contributed by atoms with E-state index >= 15 is 0 Å². The summed E-state index contributed by atoms with van der Waals surface area (Å²) < 4.78 is 11.3. The van der Waals surface area contributed by atoms with E-state index < -0.39 is 17.4 Å². The SMILES string of the molecule is CCC(COC(=O)c1ccccc1)(COC(=O)c1ccccc1)c1ccccc1. The summed E-state index contributed by atoms with van der Waals surface area (Å²) in [7, 11) is 0. The molecule has 0 spiro atoms. The lowest BCUT2D eigenvalue weighted by molar-refractivity contribution is 0.0163. The van der Waals surface area contributed by atoms with Gasteiger partial charge in [0, 0.05) is 0 Å². The van der Waals surface area contributed by atoms with Gasteiger partial charge < -0.3 is 9.47 Å². The Labute approximate surface area is 171 Å². The van der Waals surface area contributed by atoms with Crippen molar-refractivity contribution in [2.75, 3.05) is 13.2 Å². The predicted molar refractivity (Wildman–Crippen MR) is 112 cm³/mol. The van der Waals surface area contributed by atoms with Crippen molar-refractivity contribution in [3.8, 4) is 0 Å². The van der Waals surface area contributed by atoms with Gasteiger partial charge in [-0.25, -0.2) is 9.59 Å². The molecular formula is C25H24O4. The van der Waals surface area contributed by atoms with Crippen LogP contribution in [-0.2, 0) is 14.9 Å². The summed E-state index contributed by atoms with van der Waals surface area (Å²) in [6.07, 6.45) is 0.640. The van der Waals surface area contributed by atoms with E-state index in [-0.39, 0.29) is 13.2 Å². The lowest BCUT2D eigenvalue weighted by Gasteiger charge is -2.32. The molecule has 0 aliphatic heterocycles. The highest BCUT2D eigenvalue weighted by atomic mass is 16.5. The minimum absolute atomic E-state index is 0.114. The molecule has 0 amide bonds. The zero-order valence-corrected chi connectivity index (χ0v) is 16.4. The van der Waals surface area contributed by atoms with Gasteiger partial charge in [-0.1, -0.05) is 73.7 Å². The van der Waals surface area contributed by atoms with Gasteiger partial charge in [0.1, 0.15) is 13.2 Å². The van der Waals surface area contributed by atoms with Crippen molar-refractivity contribution in [3.05, 3.63) is 108 Å². The maximum atomic E-state index is 12.5. The van der Waals surface area contributed by atoms with Crippen molar-refractivity contribution < 1.29 is 19.1 Å². The highest BCUT2D eigenvalue weighted by Gasteiger charge is 2.34. The van der Waals surface area contributed by atoms with Gasteiger partial charge in [-0.3, -0.25) is 0 Å². The first-order chi connectivity index (χ1) is 14.1. The van der Waals surface area contributed by atoms with Gasteiger partial charge in [0.15, 0.2) is 0 Å². The van der Waals surface area contributed by atoms with Gasteiger partial charge in [-0.2, -0.15) is 0 Å². The van der Waals surface area contributed by atoms with E-state index in [1.807, 2.05) is 49.4 Å². The monoisotopic (exact) mass is 388 g/mol. The number of carbonyl (C=O) groups excluding carboxylic acids is 2. The fourth-order valence-corrected chi connectivity index (χ4v) is 3.13. The van der Waals surface area contributed by atoms with Crippen molar-refractivity contribution in [1.29, 1.82) is 0 Å². The number of esters is 2. The summed E-state index contributed by atoms with van der Waals surface area (Å²) >= 11 is 0. The third-order valence-electron chi connectivity index (χ3n) is 5.04. The topological polar surface area (TPSA) is 52.6 Å². The molecule has 3 rings (SSSR count). The standard InChI is InChI=1S/C25H24O4/c1-2-25(22-16-10-5-11-17-22,18-28-23(26)20-12-6-3-7-13-20)19-29-24(27)21-14-8-4-9-15-21/h3-17H,2,18-19H2,1H3. The molecule has 0 saturated heterocycles. The fraction of sp³-hybridized carbons (Fsp3) is 0.200. The molecule has 0 saturated carbocycles. The smallest absolute Gasteiger partial charge is 0.338 e. The summed E-state index contributed by atoms with van der Waals surface area (Å²) in [6, 6.07) is 27.5. The molecule has 0 bridgehead atoms. The van der Waals surface area contributed by atoms with Crippen LogP contribution in [0.3, 0.4) is 0 Å². The van der Waals surface area contributed by atoms with Crippen molar-refractivity contribution in [1.82, 2.24) is 0 Å². The average Bonchev–Trinajstić information content (AvgIpc) is 2.81. The first-order valence-electron chi connectivity index (χ1n) is 9.64. The second-order valence-corrected chi connectivity index (χ2v) is 6.88. The molecule has 0 fully saturated rings. The minimum Gasteiger partial charge on any atom is -0.461 e. The number of hydrogen-bond acceptors (Lipinski definition) is 4. The zero-order chi connectivity index (χ0) is 20.5. The highest BCUT2D eigenvalue weighted by Crippen LogP contribution is 2.30. The number of carbonyl (C=O) groups is 2. The van der Waals surface area contributed by atoms with Gasteiger partial charge in [-0.15, -0.1) is 0 Å². The first kappa shape index (κ1) is 20.3. The van der Waals surface area contributed by atoms with Crippen LogP contribution in [0, 0.1) is 0 Å². The maximum Gasteiger partial charge on any atom is 0.338 e. The van der Waals surface area contributed by atoms with Crippen molar-refractivity contribution in [2.24, 2.45) is 0 Å². The molecule has 4 heteroatoms. The normalized spacial score (nSPS) is 10.9. The molecule has 0 atom stereocenters. The van der Waals surface area contributed by atoms with Gasteiger partial charge in [0.2, 0.25) is 0 Å². The molecule has 0 aromatic heterocycles. The molecule has 0 aliphatic carbocycles. The Kier molecular flexibility index (Phi) is 6.80. The molecule has 3 aromatic rings. The number of benzene rings is 3. The molecule has 0 unspecified atom stereocenters. The Bertz CT molecular complexity index is 865. The van der Waals surface area contributed by atoms with Crippen molar-refractivity contribution in [2.45, 2.75) is 18.8 Å². The fourth-order valence-electron chi connectivity index (χ4n) is 3.13. The lowest BCUT2D eigenvalue weighted by atomic mass is 9.79. The quantitative estimate of drug-likeness (QED) is 0.507. The third kappa shape index (κ3) is 5.11. The molecule has 29 heavy (non-hydrogen) atoms. The summed E-state index contributed by atoms with van der Waals surface area (Å²) in [5, 5.41) is 0. The van der Waals surface area contributed by atoms with Gasteiger partial charge >= 0.3 is 11.9 Å². The summed E-state index contributed by atoms with van der Waals surface area (Å²) in [6.45, 7) is 2.23. The van der Waals surface area contributed by atoms with Crippen LogP contribution in [0.1, 0.15) is 39.6 Å². The Morgan fingerprint density at radius 1 is 0.655 bits per heavy atom. The van der Waals surface area contributed by atoms with Crippen LogP contribution < -0.4 is 0 Å². The predicted octanol–water partition coefficient (Wildman–Crippen LogP) is 5.05. The lowest BCUT2D eigenvalue weighted by Crippen LogP contribution is -2.38. The highest BCUT2D eigenvalue weighted by molar-refractivity contribution is 5.90. The van der Waals surface area contributed by atoms with Crippen LogP contribution in [0.15, 0.2) is 91.0 Å². The van der Waals surface area contributed by atoms with Crippen molar-refractivity contribution in [3.63, 3.8) is 0 Å². The van der Waals surface area contributed by atoms with Gasteiger partial charge in [0.05, 0.1) is 16.5 Å². The Balaban J connectivity index is 1.78. The molecule has 3 aromatic carbocycles. The molecule has 0 heterocycles. The number of ether oxygens (including phenoxy) is 2. The number of rotatable bonds is 8. The molecule has 4 nitrogen and oxygen atoms in total. The van der Waals surface area contributed by atoms with E-state index in [2.05, 4.69) is 0 Å². The minimum atomic E-state index is -0.629. The summed E-state index contributed by atoms with van der Waals surface area (Å²) in [5.74, 6) is -0.789. The largest absolute Gasteiger partial charge is 0.461 e. The Morgan fingerprint density at radius 3 is 1.41 bits per heavy atom. The molecule has 0 radical (unpaired) electrons. The third-order valence-corrected chi connectivity index (χ3v) is 5.04. The van der Waals surface area contributed by atoms with E-state index in [9.17, 15) is 9.59 Å². The van der Waals surface area contributed by atoms with Gasteiger partial charge in [-0.05, 0) is 36.2 Å². The van der Waals surface area contributed by atoms with Crippen LogP contribution >= 0.6 is 0 Å². The average molecular weight is 388 g/mol. The first-order valence-corrected chi connectivity index (χ1v) is 9.64.